The maximum Gasteiger partial charge on any atom is 0.224 e. The van der Waals surface area contributed by atoms with Crippen LogP contribution in [0.15, 0.2) is 36.5 Å². The van der Waals surface area contributed by atoms with E-state index in [2.05, 4.69) is 65.6 Å². The van der Waals surface area contributed by atoms with Crippen LogP contribution < -0.4 is 10.6 Å². The number of aromatic nitrogens is 2. The second-order valence-electron chi connectivity index (χ2n) is 5.06. The summed E-state index contributed by atoms with van der Waals surface area (Å²) in [5.41, 5.74) is 2.49. The van der Waals surface area contributed by atoms with E-state index in [0.717, 1.165) is 18.8 Å². The van der Waals surface area contributed by atoms with Crippen molar-refractivity contribution < 1.29 is 0 Å². The highest BCUT2D eigenvalue weighted by atomic mass is 15.1. The van der Waals surface area contributed by atoms with Gasteiger partial charge in [-0.25, -0.2) is 4.98 Å². The molecule has 1 unspecified atom stereocenters. The molecule has 0 amide bonds. The van der Waals surface area contributed by atoms with Crippen LogP contribution in [0, 0.1) is 6.92 Å². The number of rotatable bonds is 6. The Morgan fingerprint density at radius 3 is 2.85 bits per heavy atom. The van der Waals surface area contributed by atoms with Crippen molar-refractivity contribution in [1.29, 1.82) is 0 Å². The monoisotopic (exact) mass is 270 g/mol. The fourth-order valence-corrected chi connectivity index (χ4v) is 1.88. The number of aryl methyl sites for hydroxylation is 1. The molecule has 106 valence electrons. The van der Waals surface area contributed by atoms with Crippen molar-refractivity contribution in [2.75, 3.05) is 10.6 Å². The first-order valence-corrected chi connectivity index (χ1v) is 7.06. The average molecular weight is 270 g/mol. The van der Waals surface area contributed by atoms with Crippen LogP contribution in [0.2, 0.25) is 0 Å². The third-order valence-electron chi connectivity index (χ3n) is 3.20. The summed E-state index contributed by atoms with van der Waals surface area (Å²) >= 11 is 0. The molecule has 4 nitrogen and oxygen atoms in total. The first-order chi connectivity index (χ1) is 9.67. The van der Waals surface area contributed by atoms with Crippen LogP contribution in [-0.4, -0.2) is 16.0 Å². The molecule has 1 aromatic carbocycles. The summed E-state index contributed by atoms with van der Waals surface area (Å²) in [5, 5.41) is 6.61. The lowest BCUT2D eigenvalue weighted by atomic mass is 10.1. The third-order valence-corrected chi connectivity index (χ3v) is 3.20. The third kappa shape index (κ3) is 4.23. The minimum atomic E-state index is 0.412. The second kappa shape index (κ2) is 6.89. The predicted molar refractivity (Wildman–Crippen MR) is 83.9 cm³/mol. The molecule has 1 atom stereocenters. The van der Waals surface area contributed by atoms with Gasteiger partial charge in [0.1, 0.15) is 5.82 Å². The number of nitrogens with zero attached hydrogens (tertiary/aromatic N) is 2. The summed E-state index contributed by atoms with van der Waals surface area (Å²) in [5.74, 6) is 1.51. The summed E-state index contributed by atoms with van der Waals surface area (Å²) in [7, 11) is 0. The van der Waals surface area contributed by atoms with Crippen molar-refractivity contribution in [3.8, 4) is 0 Å². The molecule has 0 fully saturated rings. The zero-order chi connectivity index (χ0) is 14.4. The van der Waals surface area contributed by atoms with Crippen molar-refractivity contribution in [2.45, 2.75) is 39.8 Å². The lowest BCUT2D eigenvalue weighted by molar-refractivity contribution is 0.758. The van der Waals surface area contributed by atoms with Crippen LogP contribution in [0.1, 0.15) is 31.4 Å². The molecule has 0 aliphatic rings. The summed E-state index contributed by atoms with van der Waals surface area (Å²) < 4.78 is 0. The number of nitrogens with one attached hydrogen (secondary N) is 2. The van der Waals surface area contributed by atoms with E-state index in [1.165, 1.54) is 11.1 Å². The lowest BCUT2D eigenvalue weighted by Gasteiger charge is -2.13. The van der Waals surface area contributed by atoms with E-state index in [4.69, 9.17) is 0 Å². The van der Waals surface area contributed by atoms with Crippen LogP contribution in [-0.2, 0) is 6.54 Å². The van der Waals surface area contributed by atoms with E-state index in [1.54, 1.807) is 6.20 Å². The van der Waals surface area contributed by atoms with E-state index in [9.17, 15) is 0 Å². The SMILES string of the molecule is CCC(C)Nc1ccnc(NCc2cccc(C)c2)n1. The summed E-state index contributed by atoms with van der Waals surface area (Å²) in [6, 6.07) is 10.7. The molecule has 2 aromatic rings. The van der Waals surface area contributed by atoms with E-state index in [0.29, 0.717) is 12.0 Å². The molecule has 0 aliphatic heterocycles. The van der Waals surface area contributed by atoms with Crippen molar-refractivity contribution in [2.24, 2.45) is 0 Å². The molecule has 1 heterocycles. The molecular formula is C16H22N4. The number of hydrogen-bond donors (Lipinski definition) is 2. The zero-order valence-electron chi connectivity index (χ0n) is 12.4. The fraction of sp³-hybridized carbons (Fsp3) is 0.375. The van der Waals surface area contributed by atoms with Crippen molar-refractivity contribution in [3.63, 3.8) is 0 Å². The van der Waals surface area contributed by atoms with E-state index >= 15 is 0 Å². The van der Waals surface area contributed by atoms with Gasteiger partial charge in [-0.1, -0.05) is 36.8 Å². The topological polar surface area (TPSA) is 49.8 Å². The van der Waals surface area contributed by atoms with E-state index in [1.807, 2.05) is 6.07 Å². The number of hydrogen-bond acceptors (Lipinski definition) is 4. The Hall–Kier alpha value is -2.10. The van der Waals surface area contributed by atoms with Gasteiger partial charge in [0.15, 0.2) is 0 Å². The number of benzene rings is 1. The normalized spacial score (nSPS) is 11.9. The molecule has 0 saturated heterocycles. The molecule has 0 spiro atoms. The smallest absolute Gasteiger partial charge is 0.224 e. The fourth-order valence-electron chi connectivity index (χ4n) is 1.88. The van der Waals surface area contributed by atoms with Crippen molar-refractivity contribution in [3.05, 3.63) is 47.7 Å². The van der Waals surface area contributed by atoms with Gasteiger partial charge in [-0.15, -0.1) is 0 Å². The minimum absolute atomic E-state index is 0.412. The molecule has 0 bridgehead atoms. The van der Waals surface area contributed by atoms with Gasteiger partial charge in [-0.2, -0.15) is 4.98 Å². The largest absolute Gasteiger partial charge is 0.367 e. The molecule has 1 aromatic heterocycles. The first kappa shape index (κ1) is 14.3. The maximum atomic E-state index is 4.46. The summed E-state index contributed by atoms with van der Waals surface area (Å²) in [6.45, 7) is 7.11. The van der Waals surface area contributed by atoms with Gasteiger partial charge in [0.05, 0.1) is 0 Å². The highest BCUT2D eigenvalue weighted by Gasteiger charge is 2.02. The highest BCUT2D eigenvalue weighted by molar-refractivity contribution is 5.40. The van der Waals surface area contributed by atoms with Crippen molar-refractivity contribution >= 4 is 11.8 Å². The van der Waals surface area contributed by atoms with Crippen LogP contribution in [0.5, 0.6) is 0 Å². The summed E-state index contributed by atoms with van der Waals surface area (Å²) in [6.07, 6.45) is 2.84. The molecule has 2 rings (SSSR count). The molecule has 20 heavy (non-hydrogen) atoms. The molecule has 0 aliphatic carbocycles. The standard InChI is InChI=1S/C16H22N4/c1-4-13(3)19-15-8-9-17-16(20-15)18-11-14-7-5-6-12(2)10-14/h5-10,13H,4,11H2,1-3H3,(H2,17,18,19,20). The molecule has 0 saturated carbocycles. The summed E-state index contributed by atoms with van der Waals surface area (Å²) in [4.78, 5) is 8.71. The minimum Gasteiger partial charge on any atom is -0.367 e. The average Bonchev–Trinajstić information content (AvgIpc) is 2.45. The predicted octanol–water partition coefficient (Wildman–Crippen LogP) is 3.61. The second-order valence-corrected chi connectivity index (χ2v) is 5.06. The van der Waals surface area contributed by atoms with Crippen molar-refractivity contribution in [1.82, 2.24) is 9.97 Å². The van der Waals surface area contributed by atoms with Gasteiger partial charge in [-0.3, -0.25) is 0 Å². The Balaban J connectivity index is 1.97. The van der Waals surface area contributed by atoms with Crippen LogP contribution >= 0.6 is 0 Å². The van der Waals surface area contributed by atoms with Gasteiger partial charge in [0, 0.05) is 18.8 Å². The molecule has 2 N–H and O–H groups in total. The molecule has 0 radical (unpaired) electrons. The van der Waals surface area contributed by atoms with E-state index < -0.39 is 0 Å². The maximum absolute atomic E-state index is 4.46. The quantitative estimate of drug-likeness (QED) is 0.842. The molecular weight excluding hydrogens is 248 g/mol. The van der Waals surface area contributed by atoms with Gasteiger partial charge in [-0.05, 0) is 31.9 Å². The highest BCUT2D eigenvalue weighted by Crippen LogP contribution is 2.10. The first-order valence-electron chi connectivity index (χ1n) is 7.06. The Morgan fingerprint density at radius 1 is 1.25 bits per heavy atom. The van der Waals surface area contributed by atoms with Crippen LogP contribution in [0.3, 0.4) is 0 Å². The van der Waals surface area contributed by atoms with Crippen LogP contribution in [0.25, 0.3) is 0 Å². The Kier molecular flexibility index (Phi) is 4.93. The van der Waals surface area contributed by atoms with E-state index in [-0.39, 0.29) is 0 Å². The van der Waals surface area contributed by atoms with Crippen LogP contribution in [0.4, 0.5) is 11.8 Å². The van der Waals surface area contributed by atoms with Gasteiger partial charge in [0.2, 0.25) is 5.95 Å². The van der Waals surface area contributed by atoms with Gasteiger partial charge in [0.25, 0.3) is 0 Å². The van der Waals surface area contributed by atoms with Gasteiger partial charge < -0.3 is 10.6 Å². The Bertz CT molecular complexity index is 554. The Morgan fingerprint density at radius 2 is 2.10 bits per heavy atom. The lowest BCUT2D eigenvalue weighted by Crippen LogP contribution is -2.15. The Labute approximate surface area is 120 Å². The number of anilines is 2. The zero-order valence-corrected chi connectivity index (χ0v) is 12.4. The molecule has 4 heteroatoms. The van der Waals surface area contributed by atoms with Gasteiger partial charge >= 0.3 is 0 Å².